The summed E-state index contributed by atoms with van der Waals surface area (Å²) in [6.07, 6.45) is 2.46. The third kappa shape index (κ3) is 3.27. The van der Waals surface area contributed by atoms with Crippen molar-refractivity contribution in [2.24, 2.45) is 11.7 Å². The maximum absolute atomic E-state index is 13.5. The molecule has 1 unspecified atom stereocenters. The number of halogens is 1. The molecular weight excluding hydrogens is 247 g/mol. The lowest BCUT2D eigenvalue weighted by Crippen LogP contribution is -2.20. The number of rotatable bonds is 4. The Morgan fingerprint density at radius 3 is 2.89 bits per heavy atom. The highest BCUT2D eigenvalue weighted by atomic mass is 32.1. The van der Waals surface area contributed by atoms with Crippen LogP contribution in [-0.4, -0.2) is 23.0 Å². The summed E-state index contributed by atoms with van der Waals surface area (Å²) in [4.78, 5) is 2.62. The molecule has 1 aliphatic heterocycles. The van der Waals surface area contributed by atoms with Gasteiger partial charge in [-0.15, -0.1) is 0 Å². The van der Waals surface area contributed by atoms with Crippen LogP contribution in [-0.2, 0) is 6.54 Å². The van der Waals surface area contributed by atoms with E-state index in [0.717, 1.165) is 31.1 Å². The van der Waals surface area contributed by atoms with E-state index in [1.165, 1.54) is 18.9 Å². The summed E-state index contributed by atoms with van der Waals surface area (Å²) in [6, 6.07) is 4.86. The third-order valence-electron chi connectivity index (χ3n) is 3.60. The molecule has 98 valence electrons. The van der Waals surface area contributed by atoms with E-state index in [1.807, 2.05) is 6.07 Å². The van der Waals surface area contributed by atoms with E-state index in [2.05, 4.69) is 11.8 Å². The SMILES string of the molecule is CCC1CCN(Cc2cc(F)cc(C(N)=S)c2)C1. The van der Waals surface area contributed by atoms with Crippen LogP contribution in [0.3, 0.4) is 0 Å². The lowest BCUT2D eigenvalue weighted by atomic mass is 10.1. The van der Waals surface area contributed by atoms with Crippen molar-refractivity contribution in [3.05, 3.63) is 35.1 Å². The summed E-state index contributed by atoms with van der Waals surface area (Å²) >= 11 is 4.90. The first-order valence-corrected chi connectivity index (χ1v) is 6.81. The van der Waals surface area contributed by atoms with Crippen molar-refractivity contribution in [2.75, 3.05) is 13.1 Å². The quantitative estimate of drug-likeness (QED) is 0.850. The van der Waals surface area contributed by atoms with E-state index in [1.54, 1.807) is 6.07 Å². The van der Waals surface area contributed by atoms with Gasteiger partial charge in [0, 0.05) is 18.7 Å². The van der Waals surface area contributed by atoms with Crippen molar-refractivity contribution in [1.29, 1.82) is 0 Å². The van der Waals surface area contributed by atoms with Crippen molar-refractivity contribution in [2.45, 2.75) is 26.3 Å². The van der Waals surface area contributed by atoms with E-state index in [0.29, 0.717) is 5.56 Å². The summed E-state index contributed by atoms with van der Waals surface area (Å²) in [6.45, 7) is 5.21. The van der Waals surface area contributed by atoms with E-state index < -0.39 is 0 Å². The maximum atomic E-state index is 13.5. The lowest BCUT2D eigenvalue weighted by molar-refractivity contribution is 0.314. The minimum atomic E-state index is -0.262. The van der Waals surface area contributed by atoms with E-state index in [-0.39, 0.29) is 10.8 Å². The minimum absolute atomic E-state index is 0.253. The van der Waals surface area contributed by atoms with Crippen molar-refractivity contribution >= 4 is 17.2 Å². The van der Waals surface area contributed by atoms with Gasteiger partial charge in [0.2, 0.25) is 0 Å². The molecule has 0 aromatic heterocycles. The van der Waals surface area contributed by atoms with Gasteiger partial charge in [-0.2, -0.15) is 0 Å². The summed E-state index contributed by atoms with van der Waals surface area (Å²) < 4.78 is 13.5. The Balaban J connectivity index is 2.07. The molecule has 0 saturated carbocycles. The fraction of sp³-hybridized carbons (Fsp3) is 0.500. The molecule has 1 aromatic rings. The smallest absolute Gasteiger partial charge is 0.124 e. The van der Waals surface area contributed by atoms with Crippen LogP contribution in [0.5, 0.6) is 0 Å². The van der Waals surface area contributed by atoms with Crippen LogP contribution in [0.2, 0.25) is 0 Å². The van der Waals surface area contributed by atoms with Gasteiger partial charge in [-0.3, -0.25) is 4.90 Å². The Kier molecular flexibility index (Phi) is 4.30. The Morgan fingerprint density at radius 2 is 2.28 bits per heavy atom. The summed E-state index contributed by atoms with van der Waals surface area (Å²) in [7, 11) is 0. The molecule has 18 heavy (non-hydrogen) atoms. The van der Waals surface area contributed by atoms with E-state index >= 15 is 0 Å². The highest BCUT2D eigenvalue weighted by molar-refractivity contribution is 7.80. The fourth-order valence-electron chi connectivity index (χ4n) is 2.53. The zero-order valence-corrected chi connectivity index (χ0v) is 11.5. The molecule has 0 radical (unpaired) electrons. The van der Waals surface area contributed by atoms with Gasteiger partial charge < -0.3 is 5.73 Å². The summed E-state index contributed by atoms with van der Waals surface area (Å²) in [5.41, 5.74) is 7.12. The Bertz CT molecular complexity index is 447. The van der Waals surface area contributed by atoms with Crippen LogP contribution in [0.1, 0.15) is 30.9 Å². The lowest BCUT2D eigenvalue weighted by Gasteiger charge is -2.16. The molecule has 2 nitrogen and oxygen atoms in total. The molecule has 0 spiro atoms. The van der Waals surface area contributed by atoms with Gasteiger partial charge in [0.05, 0.1) is 0 Å². The average Bonchev–Trinajstić information content (AvgIpc) is 2.76. The number of likely N-dealkylation sites (tertiary alicyclic amines) is 1. The van der Waals surface area contributed by atoms with Crippen molar-refractivity contribution in [3.8, 4) is 0 Å². The van der Waals surface area contributed by atoms with Crippen LogP contribution in [0.15, 0.2) is 18.2 Å². The second-order valence-corrected chi connectivity index (χ2v) is 5.45. The second-order valence-electron chi connectivity index (χ2n) is 5.01. The zero-order chi connectivity index (χ0) is 13.1. The molecule has 0 amide bonds. The average molecular weight is 266 g/mol. The normalized spacial score (nSPS) is 20.2. The molecule has 2 rings (SSSR count). The monoisotopic (exact) mass is 266 g/mol. The first kappa shape index (κ1) is 13.4. The van der Waals surface area contributed by atoms with E-state index in [9.17, 15) is 4.39 Å². The molecule has 1 aromatic carbocycles. The Morgan fingerprint density at radius 1 is 1.50 bits per heavy atom. The number of thiocarbonyl (C=S) groups is 1. The number of benzene rings is 1. The molecule has 4 heteroatoms. The predicted octanol–water partition coefficient (Wildman–Crippen LogP) is 2.69. The van der Waals surface area contributed by atoms with Gasteiger partial charge in [-0.1, -0.05) is 25.6 Å². The highest BCUT2D eigenvalue weighted by Crippen LogP contribution is 2.21. The number of hydrogen-bond donors (Lipinski definition) is 1. The molecule has 1 saturated heterocycles. The first-order chi connectivity index (χ1) is 8.58. The molecule has 1 heterocycles. The highest BCUT2D eigenvalue weighted by Gasteiger charge is 2.21. The molecule has 1 fully saturated rings. The Hall–Kier alpha value is -1.00. The van der Waals surface area contributed by atoms with Crippen LogP contribution >= 0.6 is 12.2 Å². The summed E-state index contributed by atoms with van der Waals surface area (Å²) in [5.74, 6) is 0.523. The first-order valence-electron chi connectivity index (χ1n) is 6.40. The number of hydrogen-bond acceptors (Lipinski definition) is 2. The molecule has 1 aliphatic rings. The molecule has 2 N–H and O–H groups in total. The van der Waals surface area contributed by atoms with Gasteiger partial charge in [-0.25, -0.2) is 4.39 Å². The third-order valence-corrected chi connectivity index (χ3v) is 3.83. The van der Waals surface area contributed by atoms with Gasteiger partial charge >= 0.3 is 0 Å². The molecular formula is C14H19FN2S. The topological polar surface area (TPSA) is 29.3 Å². The fourth-order valence-corrected chi connectivity index (χ4v) is 2.65. The minimum Gasteiger partial charge on any atom is -0.389 e. The Labute approximate surface area is 113 Å². The van der Waals surface area contributed by atoms with Crippen molar-refractivity contribution in [3.63, 3.8) is 0 Å². The largest absolute Gasteiger partial charge is 0.389 e. The summed E-state index contributed by atoms with van der Waals surface area (Å²) in [5, 5.41) is 0. The zero-order valence-electron chi connectivity index (χ0n) is 10.7. The number of nitrogens with zero attached hydrogens (tertiary/aromatic N) is 1. The molecule has 0 aliphatic carbocycles. The van der Waals surface area contributed by atoms with Crippen LogP contribution in [0, 0.1) is 11.7 Å². The van der Waals surface area contributed by atoms with Crippen molar-refractivity contribution < 1.29 is 4.39 Å². The van der Waals surface area contributed by atoms with Gasteiger partial charge in [-0.05, 0) is 42.6 Å². The second kappa shape index (κ2) is 5.76. The standard InChI is InChI=1S/C14H19FN2S/c1-2-10-3-4-17(8-10)9-11-5-12(14(16)18)7-13(15)6-11/h5-7,10H,2-4,8-9H2,1H3,(H2,16,18). The van der Waals surface area contributed by atoms with Gasteiger partial charge in [0.25, 0.3) is 0 Å². The van der Waals surface area contributed by atoms with Crippen molar-refractivity contribution in [1.82, 2.24) is 4.90 Å². The number of nitrogens with two attached hydrogens (primary N) is 1. The maximum Gasteiger partial charge on any atom is 0.124 e. The van der Waals surface area contributed by atoms with Crippen LogP contribution in [0.4, 0.5) is 4.39 Å². The molecule has 1 atom stereocenters. The molecule has 0 bridgehead atoms. The van der Waals surface area contributed by atoms with Crippen LogP contribution in [0.25, 0.3) is 0 Å². The van der Waals surface area contributed by atoms with Crippen LogP contribution < -0.4 is 5.73 Å². The van der Waals surface area contributed by atoms with E-state index in [4.69, 9.17) is 18.0 Å². The van der Waals surface area contributed by atoms with Gasteiger partial charge in [0.15, 0.2) is 0 Å². The predicted molar refractivity (Wildman–Crippen MR) is 76.0 cm³/mol. The van der Waals surface area contributed by atoms with Gasteiger partial charge in [0.1, 0.15) is 10.8 Å².